The van der Waals surface area contributed by atoms with Gasteiger partial charge in [0.1, 0.15) is 0 Å². The van der Waals surface area contributed by atoms with Crippen LogP contribution in [-0.2, 0) is 16.1 Å². The van der Waals surface area contributed by atoms with Gasteiger partial charge in [-0.15, -0.1) is 0 Å². The second-order valence-electron chi connectivity index (χ2n) is 9.36. The number of hydrogen-bond donors (Lipinski definition) is 3. The molecule has 3 fully saturated rings. The van der Waals surface area contributed by atoms with Crippen molar-refractivity contribution in [2.45, 2.75) is 82.1 Å². The zero-order valence-electron chi connectivity index (χ0n) is 17.0. The van der Waals surface area contributed by atoms with Crippen LogP contribution in [0.15, 0.2) is 12.5 Å². The maximum Gasteiger partial charge on any atom is 0.220 e. The Morgan fingerprint density at radius 3 is 2.79 bits per heavy atom. The average Bonchev–Trinajstić information content (AvgIpc) is 3.33. The predicted molar refractivity (Wildman–Crippen MR) is 106 cm³/mol. The van der Waals surface area contributed by atoms with Gasteiger partial charge in [-0.25, -0.2) is 4.98 Å². The van der Waals surface area contributed by atoms with Gasteiger partial charge in [-0.1, -0.05) is 12.8 Å². The van der Waals surface area contributed by atoms with Gasteiger partial charge >= 0.3 is 0 Å². The number of aromatic amines is 1. The van der Waals surface area contributed by atoms with Crippen molar-refractivity contribution in [1.29, 1.82) is 0 Å². The van der Waals surface area contributed by atoms with Gasteiger partial charge in [0.25, 0.3) is 0 Å². The number of aliphatic hydroxyl groups is 1. The molecule has 1 aliphatic carbocycles. The summed E-state index contributed by atoms with van der Waals surface area (Å²) in [6.45, 7) is 4.99. The number of ether oxygens (including phenoxy) is 1. The van der Waals surface area contributed by atoms with Gasteiger partial charge in [0.2, 0.25) is 5.91 Å². The van der Waals surface area contributed by atoms with Gasteiger partial charge < -0.3 is 20.1 Å². The van der Waals surface area contributed by atoms with Crippen molar-refractivity contribution in [3.63, 3.8) is 0 Å². The minimum atomic E-state index is -0.935. The second-order valence-corrected chi connectivity index (χ2v) is 9.36. The number of aromatic nitrogens is 2. The topological polar surface area (TPSA) is 90.5 Å². The van der Waals surface area contributed by atoms with Crippen LogP contribution in [-0.4, -0.2) is 62.8 Å². The number of nitrogens with one attached hydrogen (secondary N) is 2. The maximum atomic E-state index is 12.4. The summed E-state index contributed by atoms with van der Waals surface area (Å²) < 4.78 is 6.29. The molecular weight excluding hydrogens is 356 g/mol. The molecule has 2 aliphatic heterocycles. The van der Waals surface area contributed by atoms with E-state index in [1.165, 1.54) is 12.8 Å². The normalized spacial score (nSPS) is 31.3. The van der Waals surface area contributed by atoms with Crippen LogP contribution < -0.4 is 5.32 Å². The van der Waals surface area contributed by atoms with Crippen molar-refractivity contribution in [3.8, 4) is 0 Å². The minimum absolute atomic E-state index is 0.0612. The van der Waals surface area contributed by atoms with Crippen LogP contribution >= 0.6 is 0 Å². The van der Waals surface area contributed by atoms with E-state index in [9.17, 15) is 9.90 Å². The van der Waals surface area contributed by atoms with E-state index in [4.69, 9.17) is 4.74 Å². The van der Waals surface area contributed by atoms with Crippen molar-refractivity contribution >= 4 is 5.91 Å². The third kappa shape index (κ3) is 4.58. The van der Waals surface area contributed by atoms with E-state index >= 15 is 0 Å². The van der Waals surface area contributed by atoms with E-state index in [-0.39, 0.29) is 17.6 Å². The molecule has 0 aromatic carbocycles. The lowest BCUT2D eigenvalue weighted by molar-refractivity contribution is -0.189. The highest BCUT2D eigenvalue weighted by Gasteiger charge is 2.49. The Labute approximate surface area is 167 Å². The first-order valence-corrected chi connectivity index (χ1v) is 10.8. The van der Waals surface area contributed by atoms with Crippen molar-refractivity contribution in [2.24, 2.45) is 5.92 Å². The molecule has 3 aliphatic rings. The molecule has 1 aromatic rings. The Balaban J connectivity index is 1.28. The Hall–Kier alpha value is -1.44. The summed E-state index contributed by atoms with van der Waals surface area (Å²) in [5, 5.41) is 14.2. The third-order valence-corrected chi connectivity index (χ3v) is 6.99. The highest BCUT2D eigenvalue weighted by atomic mass is 16.5. The summed E-state index contributed by atoms with van der Waals surface area (Å²) in [6.07, 6.45) is 11.3. The summed E-state index contributed by atoms with van der Waals surface area (Å²) in [5.41, 5.74) is -0.0898. The summed E-state index contributed by atoms with van der Waals surface area (Å²) in [6, 6.07) is -0.324. The molecule has 1 spiro atoms. The van der Waals surface area contributed by atoms with Gasteiger partial charge in [-0.3, -0.25) is 9.69 Å². The molecule has 156 valence electrons. The molecule has 3 heterocycles. The first kappa shape index (κ1) is 19.9. The molecule has 28 heavy (non-hydrogen) atoms. The largest absolute Gasteiger partial charge is 0.388 e. The fourth-order valence-corrected chi connectivity index (χ4v) is 5.25. The van der Waals surface area contributed by atoms with Gasteiger partial charge in [0.05, 0.1) is 30.2 Å². The van der Waals surface area contributed by atoms with Crippen LogP contribution in [0.2, 0.25) is 0 Å². The van der Waals surface area contributed by atoms with Crippen molar-refractivity contribution < 1.29 is 14.6 Å². The molecule has 3 N–H and O–H groups in total. The van der Waals surface area contributed by atoms with Crippen LogP contribution in [0.25, 0.3) is 0 Å². The molecule has 1 saturated carbocycles. The second kappa shape index (κ2) is 8.13. The zero-order chi connectivity index (χ0) is 19.6. The van der Waals surface area contributed by atoms with Crippen LogP contribution in [0.1, 0.15) is 64.0 Å². The maximum absolute atomic E-state index is 12.4. The van der Waals surface area contributed by atoms with E-state index in [0.29, 0.717) is 25.4 Å². The molecule has 0 radical (unpaired) electrons. The molecule has 1 amide bonds. The average molecular weight is 391 g/mol. The number of hydrogen-bond acceptors (Lipinski definition) is 5. The smallest absolute Gasteiger partial charge is 0.220 e. The Morgan fingerprint density at radius 1 is 1.39 bits per heavy atom. The lowest BCUT2D eigenvalue weighted by Gasteiger charge is -2.51. The number of nitrogens with zero attached hydrogens (tertiary/aromatic N) is 2. The molecule has 2 atom stereocenters. The van der Waals surface area contributed by atoms with Crippen LogP contribution in [0.4, 0.5) is 0 Å². The quantitative estimate of drug-likeness (QED) is 0.715. The first-order chi connectivity index (χ1) is 13.4. The molecule has 0 unspecified atom stereocenters. The molecule has 7 nitrogen and oxygen atoms in total. The molecule has 1 aromatic heterocycles. The molecule has 2 saturated heterocycles. The summed E-state index contributed by atoms with van der Waals surface area (Å²) in [7, 11) is 0. The summed E-state index contributed by atoms with van der Waals surface area (Å²) in [5.74, 6) is 0.575. The standard InChI is InChI=1S/C21H34N4O3/c1-20(27)14-21(6-8-25(9-7-21)12-17-11-22-15-23-17)28-13-18(20)24-19(26)10-16-4-2-3-5-16/h11,15-16,18,27H,2-10,12-14H2,1H3,(H,22,23)(H,24,26)/t18-,20-/m0/s1. The van der Waals surface area contributed by atoms with E-state index in [1.807, 2.05) is 13.1 Å². The number of imidazole rings is 1. The summed E-state index contributed by atoms with van der Waals surface area (Å²) in [4.78, 5) is 22.1. The highest BCUT2D eigenvalue weighted by molar-refractivity contribution is 5.76. The van der Waals surface area contributed by atoms with E-state index in [0.717, 1.165) is 51.0 Å². The number of carbonyl (C=O) groups excluding carboxylic acids is 1. The first-order valence-electron chi connectivity index (χ1n) is 10.8. The fraction of sp³-hybridized carbons (Fsp3) is 0.810. The van der Waals surface area contributed by atoms with Gasteiger partial charge in [-0.2, -0.15) is 0 Å². The number of rotatable bonds is 5. The molecule has 0 bridgehead atoms. The predicted octanol–water partition coefficient (Wildman–Crippen LogP) is 1.98. The van der Waals surface area contributed by atoms with Crippen LogP contribution in [0, 0.1) is 5.92 Å². The Morgan fingerprint density at radius 2 is 2.14 bits per heavy atom. The molecule has 7 heteroatoms. The number of likely N-dealkylation sites (tertiary alicyclic amines) is 1. The monoisotopic (exact) mass is 390 g/mol. The Kier molecular flexibility index (Phi) is 5.76. The zero-order valence-corrected chi connectivity index (χ0v) is 17.0. The Bertz CT molecular complexity index is 647. The van der Waals surface area contributed by atoms with E-state index in [2.05, 4.69) is 20.2 Å². The number of carbonyl (C=O) groups is 1. The van der Waals surface area contributed by atoms with Crippen LogP contribution in [0.3, 0.4) is 0 Å². The van der Waals surface area contributed by atoms with Crippen molar-refractivity contribution in [2.75, 3.05) is 19.7 Å². The SMILES string of the molecule is C[C@]1(O)CC2(CCN(Cc3cnc[nH]3)CC2)OC[C@@H]1NC(=O)CC1CCCC1. The van der Waals surface area contributed by atoms with E-state index in [1.54, 1.807) is 6.33 Å². The van der Waals surface area contributed by atoms with E-state index < -0.39 is 5.60 Å². The molecular formula is C21H34N4O3. The van der Waals surface area contributed by atoms with Crippen LogP contribution in [0.5, 0.6) is 0 Å². The van der Waals surface area contributed by atoms with Crippen molar-refractivity contribution in [1.82, 2.24) is 20.2 Å². The van der Waals surface area contributed by atoms with Gasteiger partial charge in [0.15, 0.2) is 0 Å². The lowest BCUT2D eigenvalue weighted by Crippen LogP contribution is -2.63. The number of H-pyrrole nitrogens is 1. The van der Waals surface area contributed by atoms with Crippen molar-refractivity contribution in [3.05, 3.63) is 18.2 Å². The van der Waals surface area contributed by atoms with Gasteiger partial charge in [0, 0.05) is 44.4 Å². The fourth-order valence-electron chi connectivity index (χ4n) is 5.25. The highest BCUT2D eigenvalue weighted by Crippen LogP contribution is 2.40. The number of piperidine rings is 1. The third-order valence-electron chi connectivity index (χ3n) is 6.99. The molecule has 4 rings (SSSR count). The van der Waals surface area contributed by atoms with Gasteiger partial charge in [-0.05, 0) is 38.5 Å². The summed E-state index contributed by atoms with van der Waals surface area (Å²) >= 11 is 0. The minimum Gasteiger partial charge on any atom is -0.388 e. The number of amides is 1. The lowest BCUT2D eigenvalue weighted by atomic mass is 9.75.